The minimum Gasteiger partial charge on any atom is -0.375 e. The third-order valence-electron chi connectivity index (χ3n) is 8.28. The second kappa shape index (κ2) is 9.93. The van der Waals surface area contributed by atoms with Gasteiger partial charge in [-0.15, -0.1) is 0 Å². The van der Waals surface area contributed by atoms with Crippen molar-refractivity contribution in [2.24, 2.45) is 23.7 Å². The maximum Gasteiger partial charge on any atom is 0.233 e. The number of halogens is 1. The Labute approximate surface area is 202 Å². The Balaban J connectivity index is 1.20. The van der Waals surface area contributed by atoms with Gasteiger partial charge >= 0.3 is 0 Å². The minimum atomic E-state index is -0.132. The summed E-state index contributed by atoms with van der Waals surface area (Å²) >= 11 is 6.39. The lowest BCUT2D eigenvalue weighted by Crippen LogP contribution is -2.51. The molecule has 0 radical (unpaired) electrons. The molecular weight excluding hydrogens is 438 g/mol. The van der Waals surface area contributed by atoms with Crippen molar-refractivity contribution >= 4 is 29.1 Å². The summed E-state index contributed by atoms with van der Waals surface area (Å²) in [6.45, 7) is 7.61. The van der Waals surface area contributed by atoms with Crippen molar-refractivity contribution in [1.29, 1.82) is 0 Å². The number of imide groups is 1. The van der Waals surface area contributed by atoms with E-state index < -0.39 is 0 Å². The molecule has 0 N–H and O–H groups in total. The highest BCUT2D eigenvalue weighted by molar-refractivity contribution is 6.33. The van der Waals surface area contributed by atoms with E-state index in [1.54, 1.807) is 4.90 Å². The van der Waals surface area contributed by atoms with E-state index in [-0.39, 0.29) is 29.8 Å². The number of hydrogen-bond acceptors (Lipinski definition) is 5. The van der Waals surface area contributed by atoms with Crippen LogP contribution in [0.1, 0.15) is 39.0 Å². The van der Waals surface area contributed by atoms with Gasteiger partial charge in [0.15, 0.2) is 0 Å². The Bertz CT molecular complexity index is 844. The Kier molecular flexibility index (Phi) is 6.96. The molecule has 0 spiro atoms. The molecule has 6 nitrogen and oxygen atoms in total. The largest absolute Gasteiger partial charge is 0.375 e. The number of rotatable bonds is 9. The van der Waals surface area contributed by atoms with Crippen molar-refractivity contribution in [3.8, 4) is 0 Å². The number of unbranched alkanes of at least 4 members (excludes halogenated alkanes) is 1. The Hall–Kier alpha value is -1.63. The molecule has 1 aromatic rings. The first-order valence-electron chi connectivity index (χ1n) is 12.8. The monoisotopic (exact) mass is 473 g/mol. The van der Waals surface area contributed by atoms with E-state index in [0.29, 0.717) is 25.0 Å². The third-order valence-corrected chi connectivity index (χ3v) is 8.60. The van der Waals surface area contributed by atoms with Crippen LogP contribution < -0.4 is 4.90 Å². The van der Waals surface area contributed by atoms with E-state index in [4.69, 9.17) is 16.3 Å². The van der Waals surface area contributed by atoms with Crippen molar-refractivity contribution < 1.29 is 14.3 Å². The SMILES string of the molecule is CCCCOC(CN1CCN(c2ccccc2Cl)CC1)CN1C(=O)C2C3CC[C@@H](C3)[C@@H]2C1=O. The van der Waals surface area contributed by atoms with Gasteiger partial charge < -0.3 is 9.64 Å². The molecule has 5 rings (SSSR count). The average Bonchev–Trinajstić information content (AvgIpc) is 3.50. The van der Waals surface area contributed by atoms with Gasteiger partial charge in [-0.1, -0.05) is 37.1 Å². The standard InChI is InChI=1S/C26H36ClN3O3/c1-2-3-14-33-20(16-28-10-12-29(13-11-28)22-7-5-4-6-21(22)27)17-30-25(31)23-18-8-9-19(15-18)24(23)26(30)32/h4-7,18-20,23-24H,2-3,8-17H2,1H3/t18-,19?,20?,23-,24?/m0/s1. The van der Waals surface area contributed by atoms with E-state index in [1.807, 2.05) is 18.2 Å². The van der Waals surface area contributed by atoms with Crippen LogP contribution in [0.15, 0.2) is 24.3 Å². The van der Waals surface area contributed by atoms with Crippen LogP contribution in [0.3, 0.4) is 0 Å². The van der Waals surface area contributed by atoms with Crippen LogP contribution in [-0.4, -0.2) is 73.6 Å². The van der Waals surface area contributed by atoms with Crippen molar-refractivity contribution in [3.63, 3.8) is 0 Å². The lowest BCUT2D eigenvalue weighted by atomic mass is 9.81. The quantitative estimate of drug-likeness (QED) is 0.404. The van der Waals surface area contributed by atoms with Gasteiger partial charge in [-0.25, -0.2) is 0 Å². The molecule has 33 heavy (non-hydrogen) atoms. The Morgan fingerprint density at radius 2 is 1.67 bits per heavy atom. The Morgan fingerprint density at radius 1 is 1.00 bits per heavy atom. The predicted molar refractivity (Wildman–Crippen MR) is 129 cm³/mol. The number of amides is 2. The smallest absolute Gasteiger partial charge is 0.233 e. The molecule has 2 saturated heterocycles. The zero-order valence-electron chi connectivity index (χ0n) is 19.6. The first kappa shape index (κ1) is 23.1. The highest BCUT2D eigenvalue weighted by atomic mass is 35.5. The van der Waals surface area contributed by atoms with Gasteiger partial charge in [0, 0.05) is 39.3 Å². The summed E-state index contributed by atoms with van der Waals surface area (Å²) in [5.74, 6) is 0.908. The first-order chi connectivity index (χ1) is 16.1. The molecule has 3 unspecified atom stereocenters. The average molecular weight is 474 g/mol. The number of hydrogen-bond donors (Lipinski definition) is 0. The van der Waals surface area contributed by atoms with Gasteiger partial charge in [0.05, 0.1) is 35.2 Å². The lowest BCUT2D eigenvalue weighted by Gasteiger charge is -2.38. The number of piperazine rings is 1. The summed E-state index contributed by atoms with van der Waals surface area (Å²) in [4.78, 5) is 32.7. The molecule has 5 atom stereocenters. The first-order valence-corrected chi connectivity index (χ1v) is 13.1. The molecule has 2 aliphatic carbocycles. The number of ether oxygens (including phenoxy) is 1. The van der Waals surface area contributed by atoms with Crippen molar-refractivity contribution in [2.75, 3.05) is 50.8 Å². The lowest BCUT2D eigenvalue weighted by molar-refractivity contribution is -0.143. The summed E-state index contributed by atoms with van der Waals surface area (Å²) < 4.78 is 6.24. The van der Waals surface area contributed by atoms with Crippen LogP contribution in [0.4, 0.5) is 5.69 Å². The molecule has 2 saturated carbocycles. The topological polar surface area (TPSA) is 53.1 Å². The molecule has 180 valence electrons. The summed E-state index contributed by atoms with van der Waals surface area (Å²) in [5.41, 5.74) is 1.09. The number of nitrogens with zero attached hydrogens (tertiary/aromatic N) is 3. The van der Waals surface area contributed by atoms with Gasteiger partial charge in [0.25, 0.3) is 0 Å². The minimum absolute atomic E-state index is 0.0493. The number of carbonyl (C=O) groups is 2. The second-order valence-electron chi connectivity index (χ2n) is 10.3. The van der Waals surface area contributed by atoms with Gasteiger partial charge in [-0.2, -0.15) is 0 Å². The van der Waals surface area contributed by atoms with Crippen molar-refractivity contribution in [1.82, 2.24) is 9.80 Å². The Morgan fingerprint density at radius 3 is 2.30 bits per heavy atom. The summed E-state index contributed by atoms with van der Waals surface area (Å²) in [5, 5.41) is 0.789. The zero-order valence-corrected chi connectivity index (χ0v) is 20.4. The second-order valence-corrected chi connectivity index (χ2v) is 10.7. The van der Waals surface area contributed by atoms with Crippen LogP contribution in [0.2, 0.25) is 5.02 Å². The molecule has 1 aromatic carbocycles. The molecule has 4 fully saturated rings. The maximum absolute atomic E-state index is 13.2. The maximum atomic E-state index is 13.2. The predicted octanol–water partition coefficient (Wildman–Crippen LogP) is 3.68. The molecular formula is C26H36ClN3O3. The number of carbonyl (C=O) groups excluding carboxylic acids is 2. The fourth-order valence-electron chi connectivity index (χ4n) is 6.58. The summed E-state index contributed by atoms with van der Waals surface area (Å²) in [6.07, 6.45) is 5.24. The van der Waals surface area contributed by atoms with Crippen LogP contribution in [0.5, 0.6) is 0 Å². The fourth-order valence-corrected chi connectivity index (χ4v) is 6.83. The number of fused-ring (bicyclic) bond motifs is 5. The van der Waals surface area contributed by atoms with Gasteiger partial charge in [-0.3, -0.25) is 19.4 Å². The van der Waals surface area contributed by atoms with Crippen molar-refractivity contribution in [3.05, 3.63) is 29.3 Å². The number of likely N-dealkylation sites (tertiary alicyclic amines) is 1. The molecule has 2 bridgehead atoms. The highest BCUT2D eigenvalue weighted by Gasteiger charge is 2.60. The van der Waals surface area contributed by atoms with Crippen LogP contribution in [-0.2, 0) is 14.3 Å². The van der Waals surface area contributed by atoms with Crippen LogP contribution in [0.25, 0.3) is 0 Å². The van der Waals surface area contributed by atoms with Gasteiger partial charge in [0.1, 0.15) is 0 Å². The molecule has 2 aliphatic heterocycles. The van der Waals surface area contributed by atoms with Gasteiger partial charge in [-0.05, 0) is 49.7 Å². The normalized spacial score (nSPS) is 30.4. The summed E-state index contributed by atoms with van der Waals surface area (Å²) in [6, 6.07) is 7.99. The van der Waals surface area contributed by atoms with E-state index in [1.165, 1.54) is 0 Å². The number of para-hydroxylation sites is 1. The van der Waals surface area contributed by atoms with Crippen LogP contribution >= 0.6 is 11.6 Å². The number of anilines is 1. The fraction of sp³-hybridized carbons (Fsp3) is 0.692. The molecule has 2 heterocycles. The molecule has 4 aliphatic rings. The summed E-state index contributed by atoms with van der Waals surface area (Å²) in [7, 11) is 0. The van der Waals surface area contributed by atoms with Crippen molar-refractivity contribution in [2.45, 2.75) is 45.1 Å². The van der Waals surface area contributed by atoms with E-state index in [0.717, 1.165) is 75.5 Å². The van der Waals surface area contributed by atoms with E-state index >= 15 is 0 Å². The molecule has 0 aromatic heterocycles. The molecule has 7 heteroatoms. The number of benzene rings is 1. The van der Waals surface area contributed by atoms with E-state index in [2.05, 4.69) is 22.8 Å². The van der Waals surface area contributed by atoms with E-state index in [9.17, 15) is 9.59 Å². The zero-order chi connectivity index (χ0) is 22.9. The van der Waals surface area contributed by atoms with Crippen LogP contribution in [0, 0.1) is 23.7 Å². The van der Waals surface area contributed by atoms with Gasteiger partial charge in [0.2, 0.25) is 11.8 Å². The molecule has 2 amide bonds. The third kappa shape index (κ3) is 4.54. The highest BCUT2D eigenvalue weighted by Crippen LogP contribution is 2.56.